The highest BCUT2D eigenvalue weighted by Gasteiger charge is 2.14. The second-order valence-corrected chi connectivity index (χ2v) is 6.00. The lowest BCUT2D eigenvalue weighted by atomic mass is 10.3. The van der Waals surface area contributed by atoms with E-state index in [0.717, 1.165) is 19.7 Å². The Morgan fingerprint density at radius 2 is 2.25 bits per heavy atom. The number of nitrogens with one attached hydrogen (secondary N) is 1. The Morgan fingerprint density at radius 3 is 2.94 bits per heavy atom. The van der Waals surface area contributed by atoms with Crippen molar-refractivity contribution in [1.29, 1.82) is 0 Å². The SMILES string of the molecule is Brc1ccsc1CNCCOC1CCCC1. The van der Waals surface area contributed by atoms with E-state index in [0.29, 0.717) is 6.10 Å². The number of thiophene rings is 1. The molecule has 0 aromatic carbocycles. The molecule has 1 fully saturated rings. The van der Waals surface area contributed by atoms with Crippen molar-refractivity contribution in [2.24, 2.45) is 0 Å². The van der Waals surface area contributed by atoms with Gasteiger partial charge in [-0.1, -0.05) is 12.8 Å². The van der Waals surface area contributed by atoms with Crippen molar-refractivity contribution in [2.45, 2.75) is 38.3 Å². The highest BCUT2D eigenvalue weighted by Crippen LogP contribution is 2.22. The van der Waals surface area contributed by atoms with Gasteiger partial charge in [-0.2, -0.15) is 0 Å². The van der Waals surface area contributed by atoms with E-state index < -0.39 is 0 Å². The zero-order valence-corrected chi connectivity index (χ0v) is 11.8. The first kappa shape index (κ1) is 12.6. The summed E-state index contributed by atoms with van der Waals surface area (Å²) in [6.45, 7) is 2.72. The fraction of sp³-hybridized carbons (Fsp3) is 0.667. The Bertz CT molecular complexity index is 310. The number of rotatable bonds is 6. The summed E-state index contributed by atoms with van der Waals surface area (Å²) in [5.41, 5.74) is 0. The van der Waals surface area contributed by atoms with Gasteiger partial charge in [-0.3, -0.25) is 0 Å². The summed E-state index contributed by atoms with van der Waals surface area (Å²) in [6, 6.07) is 2.09. The maximum atomic E-state index is 5.78. The molecule has 0 bridgehead atoms. The van der Waals surface area contributed by atoms with Crippen molar-refractivity contribution < 1.29 is 4.74 Å². The lowest BCUT2D eigenvalue weighted by Crippen LogP contribution is -2.21. The smallest absolute Gasteiger partial charge is 0.0594 e. The maximum Gasteiger partial charge on any atom is 0.0594 e. The molecule has 0 unspecified atom stereocenters. The second-order valence-electron chi connectivity index (χ2n) is 4.15. The molecular formula is C12H18BrNOS. The van der Waals surface area contributed by atoms with Crippen molar-refractivity contribution >= 4 is 27.3 Å². The Balaban J connectivity index is 1.53. The first-order valence-corrected chi connectivity index (χ1v) is 7.58. The summed E-state index contributed by atoms with van der Waals surface area (Å²) >= 11 is 5.31. The average molecular weight is 304 g/mol. The van der Waals surface area contributed by atoms with Crippen LogP contribution < -0.4 is 5.32 Å². The molecular weight excluding hydrogens is 286 g/mol. The summed E-state index contributed by atoms with van der Waals surface area (Å²) in [7, 11) is 0. The monoisotopic (exact) mass is 303 g/mol. The molecule has 1 aliphatic carbocycles. The zero-order valence-electron chi connectivity index (χ0n) is 9.38. The Kier molecular flexibility index (Phi) is 5.29. The highest BCUT2D eigenvalue weighted by molar-refractivity contribution is 9.10. The van der Waals surface area contributed by atoms with Gasteiger partial charge in [0.25, 0.3) is 0 Å². The minimum atomic E-state index is 0.537. The van der Waals surface area contributed by atoms with Crippen molar-refractivity contribution in [3.05, 3.63) is 20.8 Å². The summed E-state index contributed by atoms with van der Waals surface area (Å²) in [5.74, 6) is 0. The number of halogens is 1. The predicted molar refractivity (Wildman–Crippen MR) is 71.9 cm³/mol. The molecule has 1 heterocycles. The van der Waals surface area contributed by atoms with Gasteiger partial charge in [-0.25, -0.2) is 0 Å². The van der Waals surface area contributed by atoms with Gasteiger partial charge in [0.05, 0.1) is 12.7 Å². The molecule has 90 valence electrons. The van der Waals surface area contributed by atoms with Crippen molar-refractivity contribution in [2.75, 3.05) is 13.2 Å². The molecule has 1 N–H and O–H groups in total. The third kappa shape index (κ3) is 3.84. The van der Waals surface area contributed by atoms with Crippen LogP contribution >= 0.6 is 27.3 Å². The quantitative estimate of drug-likeness (QED) is 0.811. The van der Waals surface area contributed by atoms with Gasteiger partial charge in [0.15, 0.2) is 0 Å². The Labute approximate surface area is 110 Å². The molecule has 4 heteroatoms. The van der Waals surface area contributed by atoms with Crippen LogP contribution in [0.2, 0.25) is 0 Å². The molecule has 16 heavy (non-hydrogen) atoms. The number of hydrogen-bond acceptors (Lipinski definition) is 3. The van der Waals surface area contributed by atoms with Gasteiger partial charge in [-0.05, 0) is 40.2 Å². The zero-order chi connectivity index (χ0) is 11.2. The molecule has 1 aliphatic rings. The van der Waals surface area contributed by atoms with E-state index in [1.807, 2.05) is 0 Å². The normalized spacial score (nSPS) is 17.1. The molecule has 0 saturated heterocycles. The van der Waals surface area contributed by atoms with E-state index in [1.54, 1.807) is 11.3 Å². The van der Waals surface area contributed by atoms with Gasteiger partial charge in [-0.15, -0.1) is 11.3 Å². The van der Waals surface area contributed by atoms with Gasteiger partial charge in [0.1, 0.15) is 0 Å². The van der Waals surface area contributed by atoms with Crippen LogP contribution in [0.1, 0.15) is 30.6 Å². The maximum absolute atomic E-state index is 5.78. The summed E-state index contributed by atoms with van der Waals surface area (Å²) in [6.07, 6.45) is 5.75. The molecule has 0 aliphatic heterocycles. The van der Waals surface area contributed by atoms with E-state index in [-0.39, 0.29) is 0 Å². The largest absolute Gasteiger partial charge is 0.377 e. The fourth-order valence-electron chi connectivity index (χ4n) is 2.01. The van der Waals surface area contributed by atoms with Crippen LogP contribution in [0.4, 0.5) is 0 Å². The van der Waals surface area contributed by atoms with E-state index in [9.17, 15) is 0 Å². The highest BCUT2D eigenvalue weighted by atomic mass is 79.9. The third-order valence-corrected chi connectivity index (χ3v) is 4.84. The summed E-state index contributed by atoms with van der Waals surface area (Å²) in [5, 5.41) is 5.52. The van der Waals surface area contributed by atoms with Crippen LogP contribution in [-0.2, 0) is 11.3 Å². The van der Waals surface area contributed by atoms with Gasteiger partial charge < -0.3 is 10.1 Å². The van der Waals surface area contributed by atoms with Crippen LogP contribution in [0.5, 0.6) is 0 Å². The topological polar surface area (TPSA) is 21.3 Å². The van der Waals surface area contributed by atoms with Gasteiger partial charge in [0, 0.05) is 22.4 Å². The minimum Gasteiger partial charge on any atom is -0.377 e. The van der Waals surface area contributed by atoms with Crippen molar-refractivity contribution in [1.82, 2.24) is 5.32 Å². The van der Waals surface area contributed by atoms with Gasteiger partial charge in [0.2, 0.25) is 0 Å². The van der Waals surface area contributed by atoms with Gasteiger partial charge >= 0.3 is 0 Å². The molecule has 0 atom stereocenters. The van der Waals surface area contributed by atoms with E-state index >= 15 is 0 Å². The van der Waals surface area contributed by atoms with Crippen LogP contribution in [0.25, 0.3) is 0 Å². The summed E-state index contributed by atoms with van der Waals surface area (Å²) < 4.78 is 6.99. The average Bonchev–Trinajstić information content (AvgIpc) is 2.90. The second kappa shape index (κ2) is 6.74. The van der Waals surface area contributed by atoms with Crippen molar-refractivity contribution in [3.63, 3.8) is 0 Å². The lowest BCUT2D eigenvalue weighted by Gasteiger charge is -2.11. The molecule has 0 radical (unpaired) electrons. The Hall–Kier alpha value is 0.1000. The van der Waals surface area contributed by atoms with E-state index in [4.69, 9.17) is 4.74 Å². The first-order valence-electron chi connectivity index (χ1n) is 5.90. The molecule has 1 saturated carbocycles. The molecule has 0 amide bonds. The molecule has 1 aromatic heterocycles. The predicted octanol–water partition coefficient (Wildman–Crippen LogP) is 3.56. The van der Waals surface area contributed by atoms with E-state index in [2.05, 4.69) is 32.7 Å². The van der Waals surface area contributed by atoms with Crippen LogP contribution in [-0.4, -0.2) is 19.3 Å². The third-order valence-electron chi connectivity index (χ3n) is 2.91. The van der Waals surface area contributed by atoms with E-state index in [1.165, 1.54) is 35.0 Å². The molecule has 2 nitrogen and oxygen atoms in total. The van der Waals surface area contributed by atoms with Crippen LogP contribution in [0.15, 0.2) is 15.9 Å². The summed E-state index contributed by atoms with van der Waals surface area (Å²) in [4.78, 5) is 1.36. The van der Waals surface area contributed by atoms with Crippen LogP contribution in [0.3, 0.4) is 0 Å². The molecule has 1 aromatic rings. The standard InChI is InChI=1S/C12H18BrNOS/c13-11-5-8-16-12(11)9-14-6-7-15-10-3-1-2-4-10/h5,8,10,14H,1-4,6-7,9H2. The molecule has 2 rings (SSSR count). The van der Waals surface area contributed by atoms with Crippen molar-refractivity contribution in [3.8, 4) is 0 Å². The van der Waals surface area contributed by atoms with Crippen LogP contribution in [0, 0.1) is 0 Å². The fourth-order valence-corrected chi connectivity index (χ4v) is 3.47. The molecule has 0 spiro atoms. The number of hydrogen-bond donors (Lipinski definition) is 1. The lowest BCUT2D eigenvalue weighted by molar-refractivity contribution is 0.0603. The number of ether oxygens (including phenoxy) is 1. The first-order chi connectivity index (χ1) is 7.86. The minimum absolute atomic E-state index is 0.537. The Morgan fingerprint density at radius 1 is 1.44 bits per heavy atom.